The zero-order valence-corrected chi connectivity index (χ0v) is 39.3. The summed E-state index contributed by atoms with van der Waals surface area (Å²) in [5.41, 5.74) is 2.10. The molecule has 0 saturated carbocycles. The van der Waals surface area contributed by atoms with Gasteiger partial charge in [-0.3, -0.25) is 64.6 Å². The van der Waals surface area contributed by atoms with E-state index >= 15 is 0 Å². The minimum Gasteiger partial charge on any atom is -0.490 e. The molecule has 3 aromatic rings. The number of aromatic nitrogens is 1. The fraction of sp³-hybridized carbons (Fsp3) is 0.548. The van der Waals surface area contributed by atoms with E-state index in [4.69, 9.17) is 42.6 Å². The van der Waals surface area contributed by atoms with E-state index < -0.39 is 133 Å². The number of rotatable bonds is 27. The summed E-state index contributed by atoms with van der Waals surface area (Å²) in [4.78, 5) is 91.9. The predicted molar refractivity (Wildman–Crippen MR) is 240 cm³/mol. The molecule has 70 heavy (non-hydrogen) atoms. The van der Waals surface area contributed by atoms with Gasteiger partial charge in [-0.05, 0) is 69.0 Å². The Labute approximate surface area is 404 Å². The quantitative estimate of drug-likeness (QED) is 0.0494. The molecule has 0 radical (unpaired) electrons. The van der Waals surface area contributed by atoms with Gasteiger partial charge in [-0.1, -0.05) is 6.07 Å². The molecule has 0 aliphatic carbocycles. The smallest absolute Gasteiger partial charge is 0.313 e. The largest absolute Gasteiger partial charge is 0.490 e. The van der Waals surface area contributed by atoms with Crippen molar-refractivity contribution in [2.24, 2.45) is 0 Å². The number of carbonyl (C=O) groups is 4. The first kappa shape index (κ1) is 58.9. The molecule has 1 saturated heterocycles. The molecule has 0 spiro atoms. The monoisotopic (exact) mass is 1020 g/mol. The van der Waals surface area contributed by atoms with Crippen LogP contribution < -0.4 is 18.9 Å². The van der Waals surface area contributed by atoms with E-state index in [9.17, 15) is 64.7 Å². The van der Waals surface area contributed by atoms with Crippen molar-refractivity contribution in [1.82, 2.24) is 4.98 Å². The Morgan fingerprint density at radius 1 is 0.600 bits per heavy atom. The van der Waals surface area contributed by atoms with Gasteiger partial charge in [-0.15, -0.1) is 12.4 Å². The van der Waals surface area contributed by atoms with Crippen molar-refractivity contribution in [3.8, 4) is 23.0 Å². The third-order valence-corrected chi connectivity index (χ3v) is 9.30. The number of aliphatic hydroxyl groups excluding tert-OH is 1. The first-order chi connectivity index (χ1) is 32.9. The molecular weight excluding hydrogens is 962 g/mol. The van der Waals surface area contributed by atoms with Crippen LogP contribution in [0.15, 0.2) is 42.6 Å². The molecular formula is C42H54ClN5O22. The van der Waals surface area contributed by atoms with Crippen LogP contribution in [0.25, 0.3) is 10.8 Å². The van der Waals surface area contributed by atoms with E-state index in [1.54, 1.807) is 0 Å². The van der Waals surface area contributed by atoms with E-state index in [1.807, 2.05) is 64.2 Å². The number of hydrogen-bond acceptors (Lipinski definition) is 23. The maximum Gasteiger partial charge on any atom is 0.313 e. The van der Waals surface area contributed by atoms with Gasteiger partial charge >= 0.3 is 23.9 Å². The highest BCUT2D eigenvalue weighted by Gasteiger charge is 2.52. The summed E-state index contributed by atoms with van der Waals surface area (Å²) in [5.74, 6) is -2.02. The topological polar surface area (TPSA) is 357 Å². The van der Waals surface area contributed by atoms with Crippen LogP contribution in [0.3, 0.4) is 0 Å². The van der Waals surface area contributed by atoms with Crippen molar-refractivity contribution in [3.63, 3.8) is 0 Å². The third kappa shape index (κ3) is 19.8. The number of benzene rings is 2. The molecule has 0 bridgehead atoms. The molecule has 386 valence electrons. The molecule has 28 heteroatoms. The van der Waals surface area contributed by atoms with Crippen LogP contribution in [0.1, 0.15) is 64.6 Å². The van der Waals surface area contributed by atoms with Crippen LogP contribution in [-0.2, 0) is 49.3 Å². The van der Waals surface area contributed by atoms with Gasteiger partial charge in [0.1, 0.15) is 38.4 Å². The lowest BCUT2D eigenvalue weighted by Crippen LogP contribution is -2.62. The first-order valence-corrected chi connectivity index (χ1v) is 21.5. The molecule has 1 N–H and O–H groups in total. The Morgan fingerprint density at radius 2 is 1.04 bits per heavy atom. The van der Waals surface area contributed by atoms with Crippen molar-refractivity contribution >= 4 is 47.1 Å². The van der Waals surface area contributed by atoms with E-state index in [1.165, 1.54) is 0 Å². The van der Waals surface area contributed by atoms with Crippen molar-refractivity contribution in [2.75, 3.05) is 59.2 Å². The summed E-state index contributed by atoms with van der Waals surface area (Å²) < 4.78 is 48.1. The lowest BCUT2D eigenvalue weighted by atomic mass is 9.98. The zero-order chi connectivity index (χ0) is 51.0. The van der Waals surface area contributed by atoms with Crippen LogP contribution >= 0.6 is 12.4 Å². The predicted octanol–water partition coefficient (Wildman–Crippen LogP) is 3.49. The van der Waals surface area contributed by atoms with Gasteiger partial charge in [0, 0.05) is 37.7 Å². The second-order valence-corrected chi connectivity index (χ2v) is 14.3. The number of halogens is 1. The second-order valence-electron chi connectivity index (χ2n) is 14.3. The van der Waals surface area contributed by atoms with E-state index in [-0.39, 0.29) is 12.4 Å². The lowest BCUT2D eigenvalue weighted by Gasteiger charge is -2.42. The summed E-state index contributed by atoms with van der Waals surface area (Å²) in [6.07, 6.45) is -10.7. The van der Waals surface area contributed by atoms with Gasteiger partial charge in [0.2, 0.25) is 26.2 Å². The van der Waals surface area contributed by atoms with Gasteiger partial charge in [0.25, 0.3) is 0 Å². The van der Waals surface area contributed by atoms with Gasteiger partial charge < -0.3 is 47.7 Å². The highest BCUT2D eigenvalue weighted by atomic mass is 35.5. The lowest BCUT2D eigenvalue weighted by molar-refractivity contribution is -0.479. The molecule has 1 aliphatic rings. The molecule has 2 heterocycles. The minimum absolute atomic E-state index is 0. The molecule has 1 aromatic heterocycles. The maximum absolute atomic E-state index is 12.3. The summed E-state index contributed by atoms with van der Waals surface area (Å²) in [6, 6.07) is 12.1. The van der Waals surface area contributed by atoms with Crippen LogP contribution in [0.4, 0.5) is 0 Å². The first-order valence-electron chi connectivity index (χ1n) is 21.5. The number of ether oxygens (including phenoxy) is 9. The van der Waals surface area contributed by atoms with Gasteiger partial charge in [-0.25, -0.2) is 0 Å². The van der Waals surface area contributed by atoms with Crippen LogP contribution in [0.2, 0.25) is 0 Å². The fourth-order valence-electron chi connectivity index (χ4n) is 6.36. The van der Waals surface area contributed by atoms with Gasteiger partial charge in [-0.2, -0.15) is 0 Å². The number of fused-ring (bicyclic) bond motifs is 1. The molecule has 1 aliphatic heterocycles. The number of nitro groups is 4. The van der Waals surface area contributed by atoms with Crippen molar-refractivity contribution in [3.05, 3.63) is 94.3 Å². The van der Waals surface area contributed by atoms with Crippen LogP contribution in [0, 0.1) is 40.5 Å². The van der Waals surface area contributed by atoms with Crippen LogP contribution in [-0.4, -0.2) is 144 Å². The SMILES string of the molecule is CCOc1ccc(Cc2nccc3cc(OCC)c(OCC)cc23)cc1OCC.Cl.O=C(CC[N+](=O)[O-])OCC1OC(O)C(OC(=O)CC[N+](=O)[O-])C(OC(=O)CC[N+](=O)[O-])C1OC(=O)CC[N+](=O)[O-]. The molecule has 0 amide bonds. The second kappa shape index (κ2) is 30.3. The molecule has 5 unspecified atom stereocenters. The van der Waals surface area contributed by atoms with Crippen molar-refractivity contribution in [2.45, 2.75) is 90.5 Å². The Bertz CT molecular complexity index is 2270. The zero-order valence-electron chi connectivity index (χ0n) is 38.5. The Morgan fingerprint density at radius 3 is 1.54 bits per heavy atom. The highest BCUT2D eigenvalue weighted by molar-refractivity contribution is 5.88. The third-order valence-electron chi connectivity index (χ3n) is 9.30. The number of aliphatic hydroxyl groups is 1. The summed E-state index contributed by atoms with van der Waals surface area (Å²) in [6.45, 7) is 5.79. The normalized spacial score (nSPS) is 17.0. The van der Waals surface area contributed by atoms with E-state index in [0.29, 0.717) is 32.8 Å². The van der Waals surface area contributed by atoms with Crippen molar-refractivity contribution < 1.29 is 86.6 Å². The summed E-state index contributed by atoms with van der Waals surface area (Å²) in [7, 11) is 0. The summed E-state index contributed by atoms with van der Waals surface area (Å²) in [5, 5.41) is 54.8. The van der Waals surface area contributed by atoms with Gasteiger partial charge in [0.15, 0.2) is 47.6 Å². The molecule has 27 nitrogen and oxygen atoms in total. The average molecular weight is 1020 g/mol. The Kier molecular flexibility index (Phi) is 25.5. The maximum atomic E-state index is 12.3. The van der Waals surface area contributed by atoms with Gasteiger partial charge in [0.05, 0.1) is 32.1 Å². The minimum atomic E-state index is -2.22. The number of esters is 4. The van der Waals surface area contributed by atoms with E-state index in [0.717, 1.165) is 45.0 Å². The standard InChI is InChI=1S/C24H29NO4.C18H24N4O18.ClH/c1-5-26-21-10-9-17(14-22(21)27-6-2)13-20-19-16-24(29-8-4)23(28-7-3)15-18(19)11-12-25-20;23-11(1-5-19(28)29)36-9-10-15(38-12(24)2-6-20(30)31)16(39-13(25)3-7-21(32)33)17(18(27)37-10)40-14(26)4-8-22(34)35;/h9-12,14-16H,5-8,13H2,1-4H3;10,15-18,27H,1-9H2;1H. The molecule has 4 rings (SSSR count). The molecule has 5 atom stereocenters. The van der Waals surface area contributed by atoms with Crippen molar-refractivity contribution in [1.29, 1.82) is 0 Å². The average Bonchev–Trinajstić information content (AvgIpc) is 3.29. The molecule has 1 fully saturated rings. The molecule has 2 aromatic carbocycles. The highest BCUT2D eigenvalue weighted by Crippen LogP contribution is 2.36. The Balaban J connectivity index is 0.000000494. The Hall–Kier alpha value is -7.26. The summed E-state index contributed by atoms with van der Waals surface area (Å²) >= 11 is 0. The van der Waals surface area contributed by atoms with Crippen LogP contribution in [0.5, 0.6) is 23.0 Å². The van der Waals surface area contributed by atoms with E-state index in [2.05, 4.69) is 11.1 Å². The number of pyridine rings is 1. The fourth-order valence-corrected chi connectivity index (χ4v) is 6.36. The number of nitrogens with zero attached hydrogens (tertiary/aromatic N) is 5. The number of hydrogen-bond donors (Lipinski definition) is 1. The number of carbonyl (C=O) groups excluding carboxylic acids is 4.